The first kappa shape index (κ1) is 16.4. The lowest BCUT2D eigenvalue weighted by molar-refractivity contribution is 0.0708. The Morgan fingerprint density at radius 2 is 2.08 bits per heavy atom. The van der Waals surface area contributed by atoms with Gasteiger partial charge in [-0.25, -0.2) is 9.97 Å². The van der Waals surface area contributed by atoms with Crippen LogP contribution in [0.5, 0.6) is 0 Å². The summed E-state index contributed by atoms with van der Waals surface area (Å²) in [5.41, 5.74) is 1.48. The molecule has 1 amide bonds. The first-order valence-corrected chi connectivity index (χ1v) is 9.96. The van der Waals surface area contributed by atoms with Crippen LogP contribution < -0.4 is 0 Å². The van der Waals surface area contributed by atoms with Crippen LogP contribution in [-0.2, 0) is 7.05 Å². The Labute approximate surface area is 154 Å². The Kier molecular flexibility index (Phi) is 4.39. The molecule has 0 N–H and O–H groups in total. The second-order valence-electron chi connectivity index (χ2n) is 6.32. The lowest BCUT2D eigenvalue weighted by Gasteiger charge is -2.30. The van der Waals surface area contributed by atoms with Crippen molar-refractivity contribution in [2.75, 3.05) is 13.1 Å². The van der Waals surface area contributed by atoms with E-state index >= 15 is 0 Å². The summed E-state index contributed by atoms with van der Waals surface area (Å²) in [5, 5.41) is 8.05. The number of aromatic nitrogens is 4. The van der Waals surface area contributed by atoms with E-state index in [1.165, 1.54) is 21.2 Å². The number of carbonyl (C=O) groups is 1. The third kappa shape index (κ3) is 3.36. The van der Waals surface area contributed by atoms with E-state index in [1.54, 1.807) is 22.2 Å². The summed E-state index contributed by atoms with van der Waals surface area (Å²) in [6.45, 7) is 3.62. The van der Waals surface area contributed by atoms with Crippen molar-refractivity contribution in [2.24, 2.45) is 7.05 Å². The maximum atomic E-state index is 12.7. The van der Waals surface area contributed by atoms with Gasteiger partial charge in [0.2, 0.25) is 0 Å². The number of carbonyl (C=O) groups excluding carboxylic acids is 1. The smallest absolute Gasteiger partial charge is 0.273 e. The van der Waals surface area contributed by atoms with Crippen LogP contribution in [0.4, 0.5) is 0 Å². The Balaban J connectivity index is 1.41. The molecule has 0 atom stereocenters. The minimum atomic E-state index is 0.0279. The van der Waals surface area contributed by atoms with Gasteiger partial charge in [0.15, 0.2) is 0 Å². The standard InChI is InChI=1S/C17H19N5OS2/c1-11-7-18-15(25-11)12-3-5-22(6-4-12)17(23)14-10-24-16(20-14)13-8-19-21(2)9-13/h7-10,12H,3-6H2,1-2H3. The van der Waals surface area contributed by atoms with E-state index in [0.29, 0.717) is 11.6 Å². The number of aryl methyl sites for hydroxylation is 2. The molecule has 0 unspecified atom stereocenters. The number of nitrogens with zero attached hydrogens (tertiary/aromatic N) is 5. The summed E-state index contributed by atoms with van der Waals surface area (Å²) in [6.07, 6.45) is 7.56. The van der Waals surface area contributed by atoms with Gasteiger partial charge in [0.1, 0.15) is 10.7 Å². The number of amides is 1. The number of likely N-dealkylation sites (tertiary alicyclic amines) is 1. The first-order valence-electron chi connectivity index (χ1n) is 8.26. The SMILES string of the molecule is Cc1cnc(C2CCN(C(=O)c3csc(-c4cnn(C)c4)n3)CC2)s1. The van der Waals surface area contributed by atoms with Crippen LogP contribution in [0.15, 0.2) is 24.0 Å². The Bertz CT molecular complexity index is 888. The molecule has 8 heteroatoms. The fourth-order valence-electron chi connectivity index (χ4n) is 3.09. The molecule has 0 spiro atoms. The van der Waals surface area contributed by atoms with Crippen molar-refractivity contribution >= 4 is 28.6 Å². The fraction of sp³-hybridized carbons (Fsp3) is 0.412. The monoisotopic (exact) mass is 373 g/mol. The molecule has 1 aliphatic heterocycles. The number of piperidine rings is 1. The highest BCUT2D eigenvalue weighted by Gasteiger charge is 2.27. The molecule has 4 heterocycles. The number of hydrogen-bond donors (Lipinski definition) is 0. The van der Waals surface area contributed by atoms with Crippen molar-refractivity contribution < 1.29 is 4.79 Å². The average molecular weight is 374 g/mol. The Hall–Kier alpha value is -2.06. The zero-order valence-corrected chi connectivity index (χ0v) is 15.8. The molecule has 6 nitrogen and oxygen atoms in total. The highest BCUT2D eigenvalue weighted by atomic mass is 32.1. The maximum absolute atomic E-state index is 12.7. The maximum Gasteiger partial charge on any atom is 0.273 e. The van der Waals surface area contributed by atoms with Gasteiger partial charge in [-0.3, -0.25) is 9.48 Å². The molecule has 0 radical (unpaired) electrons. The summed E-state index contributed by atoms with van der Waals surface area (Å²) in [6, 6.07) is 0. The van der Waals surface area contributed by atoms with Crippen LogP contribution in [0.1, 0.15) is 39.1 Å². The highest BCUT2D eigenvalue weighted by Crippen LogP contribution is 2.31. The molecule has 0 aromatic carbocycles. The van der Waals surface area contributed by atoms with Crippen LogP contribution in [-0.4, -0.2) is 43.6 Å². The van der Waals surface area contributed by atoms with Crippen molar-refractivity contribution in [3.63, 3.8) is 0 Å². The van der Waals surface area contributed by atoms with Crippen molar-refractivity contribution in [3.05, 3.63) is 39.5 Å². The molecular weight excluding hydrogens is 354 g/mol. The van der Waals surface area contributed by atoms with E-state index in [1.807, 2.05) is 29.7 Å². The Morgan fingerprint density at radius 1 is 1.28 bits per heavy atom. The van der Waals surface area contributed by atoms with E-state index in [0.717, 1.165) is 36.5 Å². The molecule has 3 aromatic heterocycles. The van der Waals surface area contributed by atoms with Crippen molar-refractivity contribution in [2.45, 2.75) is 25.7 Å². The lowest BCUT2D eigenvalue weighted by atomic mass is 9.97. The summed E-state index contributed by atoms with van der Waals surface area (Å²) >= 11 is 3.26. The predicted molar refractivity (Wildman–Crippen MR) is 99.0 cm³/mol. The lowest BCUT2D eigenvalue weighted by Crippen LogP contribution is -2.38. The van der Waals surface area contributed by atoms with Gasteiger partial charge in [0, 0.05) is 54.3 Å². The van der Waals surface area contributed by atoms with Gasteiger partial charge >= 0.3 is 0 Å². The van der Waals surface area contributed by atoms with Crippen molar-refractivity contribution in [1.29, 1.82) is 0 Å². The minimum absolute atomic E-state index is 0.0279. The third-order valence-corrected chi connectivity index (χ3v) is 6.41. The van der Waals surface area contributed by atoms with E-state index < -0.39 is 0 Å². The van der Waals surface area contributed by atoms with Gasteiger partial charge in [-0.1, -0.05) is 0 Å². The summed E-state index contributed by atoms with van der Waals surface area (Å²) in [4.78, 5) is 24.9. The molecule has 0 aliphatic carbocycles. The average Bonchev–Trinajstić information content (AvgIpc) is 3.35. The van der Waals surface area contributed by atoms with Crippen LogP contribution >= 0.6 is 22.7 Å². The van der Waals surface area contributed by atoms with Crippen LogP contribution in [0.25, 0.3) is 10.6 Å². The van der Waals surface area contributed by atoms with E-state index in [-0.39, 0.29) is 5.91 Å². The van der Waals surface area contributed by atoms with Crippen LogP contribution in [0.2, 0.25) is 0 Å². The Morgan fingerprint density at radius 3 is 2.72 bits per heavy atom. The molecule has 3 aromatic rings. The molecule has 1 aliphatic rings. The zero-order chi connectivity index (χ0) is 17.4. The summed E-state index contributed by atoms with van der Waals surface area (Å²) in [5.74, 6) is 0.504. The van der Waals surface area contributed by atoms with Crippen molar-refractivity contribution in [3.8, 4) is 10.6 Å². The second-order valence-corrected chi connectivity index (χ2v) is 8.44. The van der Waals surface area contributed by atoms with E-state index in [9.17, 15) is 4.79 Å². The number of hydrogen-bond acceptors (Lipinski definition) is 6. The molecule has 1 saturated heterocycles. The summed E-state index contributed by atoms with van der Waals surface area (Å²) in [7, 11) is 1.87. The van der Waals surface area contributed by atoms with Gasteiger partial charge in [-0.2, -0.15) is 5.10 Å². The molecule has 130 valence electrons. The number of thiazole rings is 2. The predicted octanol–water partition coefficient (Wildman–Crippen LogP) is 3.33. The topological polar surface area (TPSA) is 63.9 Å². The van der Waals surface area contributed by atoms with E-state index in [2.05, 4.69) is 22.0 Å². The zero-order valence-electron chi connectivity index (χ0n) is 14.2. The van der Waals surface area contributed by atoms with Crippen LogP contribution in [0.3, 0.4) is 0 Å². The summed E-state index contributed by atoms with van der Waals surface area (Å²) < 4.78 is 1.74. The van der Waals surface area contributed by atoms with Crippen molar-refractivity contribution in [1.82, 2.24) is 24.6 Å². The van der Waals surface area contributed by atoms with Gasteiger partial charge < -0.3 is 4.90 Å². The molecule has 1 fully saturated rings. The number of rotatable bonds is 3. The fourth-order valence-corrected chi connectivity index (χ4v) is 4.80. The quantitative estimate of drug-likeness (QED) is 0.706. The van der Waals surface area contributed by atoms with Gasteiger partial charge in [0.05, 0.1) is 11.2 Å². The van der Waals surface area contributed by atoms with Gasteiger partial charge in [-0.05, 0) is 19.8 Å². The normalized spacial score (nSPS) is 15.7. The first-order chi connectivity index (χ1) is 12.1. The van der Waals surface area contributed by atoms with Crippen LogP contribution in [0, 0.1) is 6.92 Å². The molecule has 0 bridgehead atoms. The van der Waals surface area contributed by atoms with Gasteiger partial charge in [-0.15, -0.1) is 22.7 Å². The largest absolute Gasteiger partial charge is 0.337 e. The van der Waals surface area contributed by atoms with Gasteiger partial charge in [0.25, 0.3) is 5.91 Å². The highest BCUT2D eigenvalue weighted by molar-refractivity contribution is 7.13. The molecule has 0 saturated carbocycles. The second kappa shape index (κ2) is 6.68. The molecule has 25 heavy (non-hydrogen) atoms. The third-order valence-electron chi connectivity index (χ3n) is 4.45. The van der Waals surface area contributed by atoms with E-state index in [4.69, 9.17) is 0 Å². The minimum Gasteiger partial charge on any atom is -0.337 e. The molecule has 4 rings (SSSR count). The molecular formula is C17H19N5OS2.